The molecule has 2 N–H and O–H groups in total. The Bertz CT molecular complexity index is 2200. The number of fused-ring (bicyclic) bond motifs is 2. The molecule has 3 aromatic rings. The molecule has 0 aliphatic carbocycles. The van der Waals surface area contributed by atoms with E-state index < -0.39 is 42.3 Å². The number of carbonyl (C=O) groups is 1. The van der Waals surface area contributed by atoms with Gasteiger partial charge in [0, 0.05) is 66.5 Å². The second-order valence-electron chi connectivity index (χ2n) is 13.1. The van der Waals surface area contributed by atoms with Crippen LogP contribution in [0, 0.1) is 0 Å². The van der Waals surface area contributed by atoms with Gasteiger partial charge < -0.3 is 19.3 Å². The molecule has 11 nitrogen and oxygen atoms in total. The molecule has 52 heavy (non-hydrogen) atoms. The molecule has 0 bridgehead atoms. The maximum absolute atomic E-state index is 12.1. The van der Waals surface area contributed by atoms with Gasteiger partial charge in [0.15, 0.2) is 5.71 Å². The van der Waals surface area contributed by atoms with Gasteiger partial charge in [0.25, 0.3) is 10.1 Å². The van der Waals surface area contributed by atoms with Gasteiger partial charge >= 0.3 is 5.97 Å². The Morgan fingerprint density at radius 1 is 1.00 bits per heavy atom. The highest BCUT2D eigenvalue weighted by molar-refractivity contribution is 7.86. The highest BCUT2D eigenvalue weighted by atomic mass is 32.2. The highest BCUT2D eigenvalue weighted by Crippen LogP contribution is 2.45. The summed E-state index contributed by atoms with van der Waals surface area (Å²) < 4.78 is 77.4. The van der Waals surface area contributed by atoms with E-state index >= 15 is 0 Å². The Kier molecular flexibility index (Phi) is 11.6. The van der Waals surface area contributed by atoms with Crippen molar-refractivity contribution < 1.29 is 45.2 Å². The van der Waals surface area contributed by atoms with Gasteiger partial charge in [0.05, 0.1) is 16.1 Å². The van der Waals surface area contributed by atoms with Crippen LogP contribution in [0.15, 0.2) is 101 Å². The molecule has 5 rings (SSSR count). The van der Waals surface area contributed by atoms with E-state index in [0.29, 0.717) is 28.5 Å². The van der Waals surface area contributed by atoms with Crippen molar-refractivity contribution in [3.8, 4) is 5.75 Å². The number of carboxylic acid groups (broad SMARTS) is 1. The van der Waals surface area contributed by atoms with Crippen molar-refractivity contribution in [3.63, 3.8) is 0 Å². The van der Waals surface area contributed by atoms with E-state index in [0.717, 1.165) is 41.1 Å². The molecule has 0 saturated heterocycles. The van der Waals surface area contributed by atoms with E-state index in [4.69, 9.17) is 4.74 Å². The predicted molar refractivity (Wildman–Crippen MR) is 200 cm³/mol. The van der Waals surface area contributed by atoms with Crippen molar-refractivity contribution in [2.75, 3.05) is 30.3 Å². The average Bonchev–Trinajstić information content (AvgIpc) is 3.31. The fourth-order valence-corrected chi connectivity index (χ4v) is 8.15. The van der Waals surface area contributed by atoms with Gasteiger partial charge in [0.2, 0.25) is 5.69 Å². The standard InChI is InChI=1S/C39H44N2O9S2/c1-5-40(6-2)29-18-20-31-35(25-29)50-34(27(3)38(31)28-13-8-7-9-14-28)15-10-16-36-39(4,22-11-17-37(42)43)32-26-30(52(47,48)49)19-21-33(32)41(36)23-12-24-51(44,45)46/h7-10,13-16,18-21,25-26H,5-6,11-12,17,22-24H2,1-4H3,(H2-,42,43,44,45,46,47,48,49). The van der Waals surface area contributed by atoms with Crippen LogP contribution in [0.1, 0.15) is 70.1 Å². The number of hydrogen-bond acceptors (Lipinski definition) is 8. The van der Waals surface area contributed by atoms with Crippen molar-refractivity contribution >= 4 is 48.9 Å². The maximum Gasteiger partial charge on any atom is 0.303 e. The first kappa shape index (κ1) is 38.7. The van der Waals surface area contributed by atoms with Crippen molar-refractivity contribution in [1.82, 2.24) is 0 Å². The molecule has 276 valence electrons. The lowest BCUT2D eigenvalue weighted by Crippen LogP contribution is -2.32. The number of aliphatic carboxylic acids is 1. The first-order valence-corrected chi connectivity index (χ1v) is 20.2. The van der Waals surface area contributed by atoms with E-state index in [1.807, 2.05) is 54.8 Å². The lowest BCUT2D eigenvalue weighted by molar-refractivity contribution is -0.437. The van der Waals surface area contributed by atoms with Crippen molar-refractivity contribution in [1.29, 1.82) is 0 Å². The minimum Gasteiger partial charge on any atom is -0.744 e. The molecule has 2 aliphatic rings. The number of ether oxygens (including phenoxy) is 1. The van der Waals surface area contributed by atoms with Gasteiger partial charge in [-0.3, -0.25) is 9.35 Å². The predicted octanol–water partition coefficient (Wildman–Crippen LogP) is 6.68. The molecule has 0 radical (unpaired) electrons. The Morgan fingerprint density at radius 2 is 1.71 bits per heavy atom. The van der Waals surface area contributed by atoms with Gasteiger partial charge in [-0.1, -0.05) is 36.4 Å². The largest absolute Gasteiger partial charge is 0.744 e. The van der Waals surface area contributed by atoms with Crippen LogP contribution >= 0.6 is 0 Å². The topological polar surface area (TPSA) is 164 Å². The smallest absolute Gasteiger partial charge is 0.303 e. The lowest BCUT2D eigenvalue weighted by Gasteiger charge is -2.28. The van der Waals surface area contributed by atoms with Crippen molar-refractivity contribution in [2.24, 2.45) is 0 Å². The number of benzene rings is 3. The van der Waals surface area contributed by atoms with E-state index in [2.05, 4.69) is 43.0 Å². The van der Waals surface area contributed by atoms with Crippen LogP contribution in [0.3, 0.4) is 0 Å². The zero-order valence-electron chi connectivity index (χ0n) is 29.7. The molecule has 0 amide bonds. The Balaban J connectivity index is 1.65. The Labute approximate surface area is 305 Å². The number of carboxylic acids is 1. The molecule has 0 fully saturated rings. The van der Waals surface area contributed by atoms with Crippen LogP contribution in [-0.2, 0) is 30.4 Å². The molecule has 3 aromatic carbocycles. The second-order valence-corrected chi connectivity index (χ2v) is 16.1. The summed E-state index contributed by atoms with van der Waals surface area (Å²) >= 11 is 0. The first-order valence-electron chi connectivity index (χ1n) is 17.2. The number of rotatable bonds is 15. The maximum atomic E-state index is 12.1. The van der Waals surface area contributed by atoms with Gasteiger partial charge in [0.1, 0.15) is 28.2 Å². The molecule has 2 heterocycles. The summed E-state index contributed by atoms with van der Waals surface area (Å²) in [6.07, 6.45) is 5.90. The number of nitrogens with zero attached hydrogens (tertiary/aromatic N) is 2. The minimum atomic E-state index is -4.82. The van der Waals surface area contributed by atoms with Crippen molar-refractivity contribution in [2.45, 2.75) is 63.7 Å². The van der Waals surface area contributed by atoms with Crippen LogP contribution in [-0.4, -0.2) is 72.7 Å². The van der Waals surface area contributed by atoms with E-state index in [-0.39, 0.29) is 32.2 Å². The summed E-state index contributed by atoms with van der Waals surface area (Å²) in [6.45, 7) is 9.83. The lowest BCUT2D eigenvalue weighted by atomic mass is 9.75. The van der Waals surface area contributed by atoms with Crippen molar-refractivity contribution in [3.05, 3.63) is 113 Å². The first-order chi connectivity index (χ1) is 24.6. The van der Waals surface area contributed by atoms with Crippen LogP contribution in [0.25, 0.3) is 5.57 Å². The van der Waals surface area contributed by atoms with Crippen LogP contribution < -0.4 is 9.64 Å². The van der Waals surface area contributed by atoms with Crippen LogP contribution in [0.2, 0.25) is 0 Å². The summed E-state index contributed by atoms with van der Waals surface area (Å²) in [4.78, 5) is 13.3. The number of allylic oxidation sites excluding steroid dienone is 4. The normalized spacial score (nSPS) is 18.2. The zero-order valence-corrected chi connectivity index (χ0v) is 31.3. The second kappa shape index (κ2) is 15.6. The molecule has 13 heteroatoms. The van der Waals surface area contributed by atoms with E-state index in [1.54, 1.807) is 6.08 Å². The fraction of sp³-hybridized carbons (Fsp3) is 0.333. The van der Waals surface area contributed by atoms with E-state index in [1.165, 1.54) is 18.2 Å². The third-order valence-electron chi connectivity index (χ3n) is 9.74. The van der Waals surface area contributed by atoms with Gasteiger partial charge in [-0.15, -0.1) is 0 Å². The van der Waals surface area contributed by atoms with Crippen LogP contribution in [0.4, 0.5) is 11.4 Å². The number of hydrogen-bond donors (Lipinski definition) is 2. The summed E-state index contributed by atoms with van der Waals surface area (Å²) in [5.41, 5.74) is 5.68. The summed E-state index contributed by atoms with van der Waals surface area (Å²) in [5, 5.41) is 9.43. The average molecular weight is 749 g/mol. The van der Waals surface area contributed by atoms with Crippen LogP contribution in [0.5, 0.6) is 5.75 Å². The Morgan fingerprint density at radius 3 is 2.35 bits per heavy atom. The molecule has 0 aromatic heterocycles. The summed E-state index contributed by atoms with van der Waals surface area (Å²) in [7, 11) is -9.08. The summed E-state index contributed by atoms with van der Waals surface area (Å²) in [5.74, 6) is -0.191. The molecule has 1 atom stereocenters. The quantitative estimate of drug-likeness (QED) is 0.127. The molecule has 0 saturated carbocycles. The monoisotopic (exact) mass is 748 g/mol. The summed E-state index contributed by atoms with van der Waals surface area (Å²) in [6, 6.07) is 20.3. The highest BCUT2D eigenvalue weighted by Gasteiger charge is 2.47. The minimum absolute atomic E-state index is 0.0422. The molecular formula is C39H44N2O9S2. The third kappa shape index (κ3) is 8.39. The van der Waals surface area contributed by atoms with Gasteiger partial charge in [-0.25, -0.2) is 8.42 Å². The third-order valence-corrected chi connectivity index (χ3v) is 11.4. The Hall–Kier alpha value is -4.56. The zero-order chi connectivity index (χ0) is 37.8. The van der Waals surface area contributed by atoms with Gasteiger partial charge in [-0.2, -0.15) is 13.0 Å². The van der Waals surface area contributed by atoms with Gasteiger partial charge in [-0.05, 0) is 82.0 Å². The van der Waals surface area contributed by atoms with E-state index in [9.17, 15) is 35.8 Å². The SMILES string of the molecule is CCN(CC)c1ccc2c(c1)O/C(=C\C=C\C1=[N+](CCCS(=O)(=O)O)c3ccc(S(=O)(=O)[O-])cc3C1(C)CCCC(=O)O)C(C)=C2c1ccccc1. The molecular weight excluding hydrogens is 705 g/mol. The number of anilines is 1. The molecule has 2 aliphatic heterocycles. The molecule has 1 unspecified atom stereocenters. The molecule has 0 spiro atoms. The fourth-order valence-electron chi connectivity index (χ4n) is 7.16.